The molecule has 9 unspecified atom stereocenters. The van der Waals surface area contributed by atoms with Gasteiger partial charge in [-0.25, -0.2) is 0 Å². The molecule has 3 saturated carbocycles. The summed E-state index contributed by atoms with van der Waals surface area (Å²) in [5.74, 6) is 5.56. The Kier molecular flexibility index (Phi) is 13.6. The van der Waals surface area contributed by atoms with Gasteiger partial charge in [0.1, 0.15) is 6.10 Å². The Bertz CT molecular complexity index is 945. The third-order valence-corrected chi connectivity index (χ3v) is 13.8. The number of unbranched alkanes of at least 4 members (excludes halogenated alkanes) is 9. The fraction of sp³-hybridized carbons (Fsp3) is 0.881. The molecule has 0 aliphatic heterocycles. The fourth-order valence-electron chi connectivity index (χ4n) is 10.9. The zero-order valence-electron chi connectivity index (χ0n) is 30.3. The van der Waals surface area contributed by atoms with Crippen molar-refractivity contribution in [3.8, 4) is 0 Å². The topological polar surface area (TPSA) is 26.3 Å². The molecule has 0 aromatic carbocycles. The van der Waals surface area contributed by atoms with Crippen LogP contribution in [0.3, 0.4) is 0 Å². The average Bonchev–Trinajstić information content (AvgIpc) is 3.35. The van der Waals surface area contributed by atoms with Gasteiger partial charge in [0.2, 0.25) is 0 Å². The van der Waals surface area contributed by atoms with Crippen molar-refractivity contribution in [2.75, 3.05) is 0 Å². The quantitative estimate of drug-likeness (QED) is 0.0932. The molecule has 4 aliphatic rings. The smallest absolute Gasteiger partial charge is 0.306 e. The van der Waals surface area contributed by atoms with Crippen LogP contribution in [-0.4, -0.2) is 12.1 Å². The van der Waals surface area contributed by atoms with Crippen LogP contribution in [0, 0.1) is 52.3 Å². The van der Waals surface area contributed by atoms with E-state index in [4.69, 9.17) is 4.74 Å². The van der Waals surface area contributed by atoms with E-state index in [0.29, 0.717) is 29.1 Å². The Morgan fingerprint density at radius 3 is 2.20 bits per heavy atom. The normalized spacial score (nSPS) is 34.7. The summed E-state index contributed by atoms with van der Waals surface area (Å²) in [4.78, 5) is 12.7. The van der Waals surface area contributed by atoms with Gasteiger partial charge in [-0.2, -0.15) is 0 Å². The van der Waals surface area contributed by atoms with Crippen molar-refractivity contribution >= 4 is 5.97 Å². The summed E-state index contributed by atoms with van der Waals surface area (Å²) in [7, 11) is 0. The molecule has 0 radical (unpaired) electrons. The number of carbonyl (C=O) groups is 1. The number of esters is 1. The highest BCUT2D eigenvalue weighted by molar-refractivity contribution is 5.69. The summed E-state index contributed by atoms with van der Waals surface area (Å²) >= 11 is 0. The van der Waals surface area contributed by atoms with Gasteiger partial charge in [-0.3, -0.25) is 4.79 Å². The maximum absolute atomic E-state index is 12.7. The van der Waals surface area contributed by atoms with Gasteiger partial charge in [0.15, 0.2) is 0 Å². The standard InChI is InChI=1S/C42H72O2/c1-8-10-11-12-13-14-15-16-17-18-19-40(43)44-35-26-28-41(6)34(30-35)22-23-36-38-25-24-37(42(38,7)29-27-39(36)41)32(5)20-21-33(9-2)31(3)4/h20-22,31-33,35-39H,8-19,23-30H2,1-7H3/b21-20+. The van der Waals surface area contributed by atoms with E-state index in [1.165, 1.54) is 103 Å². The van der Waals surface area contributed by atoms with Crippen molar-refractivity contribution in [3.63, 3.8) is 0 Å². The van der Waals surface area contributed by atoms with E-state index in [9.17, 15) is 4.79 Å². The van der Waals surface area contributed by atoms with Crippen molar-refractivity contribution in [1.29, 1.82) is 0 Å². The zero-order valence-corrected chi connectivity index (χ0v) is 30.3. The molecule has 0 aromatic rings. The van der Waals surface area contributed by atoms with Gasteiger partial charge in [0.05, 0.1) is 0 Å². The molecule has 9 atom stereocenters. The van der Waals surface area contributed by atoms with Gasteiger partial charge in [0.25, 0.3) is 0 Å². The van der Waals surface area contributed by atoms with Crippen LogP contribution in [-0.2, 0) is 9.53 Å². The predicted molar refractivity (Wildman–Crippen MR) is 188 cm³/mol. The number of rotatable bonds is 17. The molecule has 3 fully saturated rings. The van der Waals surface area contributed by atoms with E-state index in [1.807, 2.05) is 0 Å². The summed E-state index contributed by atoms with van der Waals surface area (Å²) in [5, 5.41) is 0. The highest BCUT2D eigenvalue weighted by atomic mass is 16.5. The maximum Gasteiger partial charge on any atom is 0.306 e. The Labute approximate surface area is 274 Å². The van der Waals surface area contributed by atoms with Crippen LogP contribution < -0.4 is 0 Å². The third kappa shape index (κ3) is 8.45. The predicted octanol–water partition coefficient (Wildman–Crippen LogP) is 12.7. The molecular weight excluding hydrogens is 536 g/mol. The summed E-state index contributed by atoms with van der Waals surface area (Å²) in [6.45, 7) is 17.2. The molecule has 0 N–H and O–H groups in total. The lowest BCUT2D eigenvalue weighted by atomic mass is 9.47. The maximum atomic E-state index is 12.7. The highest BCUT2D eigenvalue weighted by Crippen LogP contribution is 2.67. The number of ether oxygens (including phenoxy) is 1. The number of carbonyl (C=O) groups excluding carboxylic acids is 1. The van der Waals surface area contributed by atoms with E-state index < -0.39 is 0 Å². The van der Waals surface area contributed by atoms with Crippen LogP contribution >= 0.6 is 0 Å². The zero-order chi connectivity index (χ0) is 31.7. The summed E-state index contributed by atoms with van der Waals surface area (Å²) in [6, 6.07) is 0. The Morgan fingerprint density at radius 2 is 1.55 bits per heavy atom. The van der Waals surface area contributed by atoms with Crippen molar-refractivity contribution in [1.82, 2.24) is 0 Å². The van der Waals surface area contributed by atoms with Crippen molar-refractivity contribution in [2.45, 2.75) is 183 Å². The van der Waals surface area contributed by atoms with E-state index in [-0.39, 0.29) is 12.1 Å². The van der Waals surface area contributed by atoms with E-state index >= 15 is 0 Å². The molecular formula is C42H72O2. The summed E-state index contributed by atoms with van der Waals surface area (Å²) < 4.78 is 6.11. The SMILES string of the molecule is CCCCCCCCCCCCC(=O)OC1CCC2(C)C(=CCC3C2CCC2(C)C(C(C)/C=C/C(CC)C(C)C)CCC32)C1. The molecule has 2 nitrogen and oxygen atoms in total. The Balaban J connectivity index is 1.24. The molecule has 0 heterocycles. The van der Waals surface area contributed by atoms with Crippen LogP contribution in [0.5, 0.6) is 0 Å². The van der Waals surface area contributed by atoms with Crippen LogP contribution in [0.25, 0.3) is 0 Å². The lowest BCUT2D eigenvalue weighted by Gasteiger charge is -2.58. The Hall–Kier alpha value is -1.05. The third-order valence-electron chi connectivity index (χ3n) is 13.8. The fourth-order valence-corrected chi connectivity index (χ4v) is 10.9. The molecule has 0 amide bonds. The molecule has 4 aliphatic carbocycles. The first kappa shape index (κ1) is 35.8. The van der Waals surface area contributed by atoms with Crippen LogP contribution in [0.2, 0.25) is 0 Å². The van der Waals surface area contributed by atoms with Crippen LogP contribution in [0.4, 0.5) is 0 Å². The van der Waals surface area contributed by atoms with Gasteiger partial charge >= 0.3 is 5.97 Å². The number of hydrogen-bond acceptors (Lipinski definition) is 2. The number of hydrogen-bond donors (Lipinski definition) is 0. The molecule has 0 aromatic heterocycles. The summed E-state index contributed by atoms with van der Waals surface area (Å²) in [5.41, 5.74) is 2.45. The van der Waals surface area contributed by atoms with Crippen molar-refractivity contribution < 1.29 is 9.53 Å². The summed E-state index contributed by atoms with van der Waals surface area (Å²) in [6.07, 6.45) is 33.0. The molecule has 0 saturated heterocycles. The minimum atomic E-state index is 0.0553. The number of fused-ring (bicyclic) bond motifs is 5. The first-order chi connectivity index (χ1) is 21.1. The average molecular weight is 609 g/mol. The van der Waals surface area contributed by atoms with E-state index in [2.05, 4.69) is 66.7 Å². The second-order valence-corrected chi connectivity index (χ2v) is 16.8. The lowest BCUT2D eigenvalue weighted by Crippen LogP contribution is -2.51. The van der Waals surface area contributed by atoms with Crippen molar-refractivity contribution in [3.05, 3.63) is 23.8 Å². The van der Waals surface area contributed by atoms with Gasteiger partial charge in [-0.05, 0) is 110 Å². The molecule has 252 valence electrons. The van der Waals surface area contributed by atoms with Gasteiger partial charge in [-0.1, -0.05) is 130 Å². The molecule has 0 spiro atoms. The second-order valence-electron chi connectivity index (χ2n) is 16.8. The molecule has 44 heavy (non-hydrogen) atoms. The largest absolute Gasteiger partial charge is 0.462 e. The lowest BCUT2D eigenvalue weighted by molar-refractivity contribution is -0.151. The Morgan fingerprint density at radius 1 is 0.864 bits per heavy atom. The number of allylic oxidation sites excluding steroid dienone is 3. The molecule has 4 rings (SSSR count). The first-order valence-electron chi connectivity index (χ1n) is 19.7. The van der Waals surface area contributed by atoms with Gasteiger partial charge in [-0.15, -0.1) is 0 Å². The first-order valence-corrected chi connectivity index (χ1v) is 19.7. The van der Waals surface area contributed by atoms with Gasteiger partial charge in [0, 0.05) is 12.8 Å². The van der Waals surface area contributed by atoms with Crippen LogP contribution in [0.1, 0.15) is 177 Å². The highest BCUT2D eigenvalue weighted by Gasteiger charge is 2.59. The van der Waals surface area contributed by atoms with Crippen molar-refractivity contribution in [2.24, 2.45) is 52.3 Å². The molecule has 2 heteroatoms. The molecule has 0 bridgehead atoms. The monoisotopic (exact) mass is 609 g/mol. The second kappa shape index (κ2) is 16.7. The van der Waals surface area contributed by atoms with E-state index in [0.717, 1.165) is 48.9 Å². The van der Waals surface area contributed by atoms with Gasteiger partial charge < -0.3 is 4.74 Å². The van der Waals surface area contributed by atoms with E-state index in [1.54, 1.807) is 5.57 Å². The minimum Gasteiger partial charge on any atom is -0.462 e. The minimum absolute atomic E-state index is 0.0553. The van der Waals surface area contributed by atoms with Crippen LogP contribution in [0.15, 0.2) is 23.8 Å².